The maximum atomic E-state index is 12.8. The zero-order valence-corrected chi connectivity index (χ0v) is 15.0. The Bertz CT molecular complexity index is 519. The predicted octanol–water partition coefficient (Wildman–Crippen LogP) is 1.70. The van der Waals surface area contributed by atoms with Gasteiger partial charge in [0.1, 0.15) is 18.7 Å². The number of amides is 3. The van der Waals surface area contributed by atoms with Crippen LogP contribution in [-0.2, 0) is 19.1 Å². The van der Waals surface area contributed by atoms with Gasteiger partial charge in [-0.3, -0.25) is 14.5 Å². The molecular formula is C17H28N2O5. The van der Waals surface area contributed by atoms with Crippen LogP contribution >= 0.6 is 0 Å². The lowest BCUT2D eigenvalue weighted by molar-refractivity contribution is -0.149. The molecule has 0 radical (unpaired) electrons. The number of imide groups is 1. The molecular weight excluding hydrogens is 312 g/mol. The number of urea groups is 1. The van der Waals surface area contributed by atoms with E-state index in [4.69, 9.17) is 9.47 Å². The van der Waals surface area contributed by atoms with E-state index in [1.54, 1.807) is 0 Å². The molecule has 1 aliphatic heterocycles. The molecule has 2 rings (SSSR count). The number of hydrogen-bond donors (Lipinski definition) is 1. The number of nitrogens with zero attached hydrogens (tertiary/aromatic N) is 1. The van der Waals surface area contributed by atoms with Crippen molar-refractivity contribution in [3.63, 3.8) is 0 Å². The molecule has 7 nitrogen and oxygen atoms in total. The number of esters is 1. The molecule has 1 saturated heterocycles. The van der Waals surface area contributed by atoms with E-state index in [1.165, 1.54) is 0 Å². The fourth-order valence-corrected chi connectivity index (χ4v) is 4.18. The van der Waals surface area contributed by atoms with Crippen LogP contribution < -0.4 is 5.32 Å². The van der Waals surface area contributed by atoms with Crippen LogP contribution in [-0.4, -0.2) is 54.7 Å². The van der Waals surface area contributed by atoms with E-state index in [2.05, 4.69) is 26.1 Å². The number of ether oxygens (including phenoxy) is 2. The van der Waals surface area contributed by atoms with Crippen LogP contribution in [0.25, 0.3) is 0 Å². The molecule has 0 aromatic carbocycles. The van der Waals surface area contributed by atoms with Gasteiger partial charge in [0.25, 0.3) is 5.91 Å². The first-order valence-corrected chi connectivity index (χ1v) is 8.56. The topological polar surface area (TPSA) is 84.9 Å². The van der Waals surface area contributed by atoms with Crippen molar-refractivity contribution in [2.45, 2.75) is 52.5 Å². The fraction of sp³-hybridized carbons (Fsp3) is 0.824. The van der Waals surface area contributed by atoms with Gasteiger partial charge >= 0.3 is 12.0 Å². The summed E-state index contributed by atoms with van der Waals surface area (Å²) in [7, 11) is 0. The van der Waals surface area contributed by atoms with E-state index in [0.717, 1.165) is 11.3 Å². The van der Waals surface area contributed by atoms with E-state index in [1.807, 2.05) is 6.92 Å². The first-order valence-electron chi connectivity index (χ1n) is 8.56. The van der Waals surface area contributed by atoms with Gasteiger partial charge in [0.05, 0.1) is 6.61 Å². The summed E-state index contributed by atoms with van der Waals surface area (Å²) in [5.41, 5.74) is -0.918. The van der Waals surface area contributed by atoms with Gasteiger partial charge in [-0.25, -0.2) is 4.79 Å². The summed E-state index contributed by atoms with van der Waals surface area (Å²) < 4.78 is 10.1. The third kappa shape index (κ3) is 4.06. The molecule has 24 heavy (non-hydrogen) atoms. The lowest BCUT2D eigenvalue weighted by Crippen LogP contribution is -2.54. The molecule has 1 aliphatic carbocycles. The third-order valence-corrected chi connectivity index (χ3v) is 4.61. The van der Waals surface area contributed by atoms with Crippen LogP contribution in [0.3, 0.4) is 0 Å². The van der Waals surface area contributed by atoms with Crippen molar-refractivity contribution in [2.24, 2.45) is 11.3 Å². The van der Waals surface area contributed by atoms with Gasteiger partial charge in [0, 0.05) is 6.61 Å². The quantitative estimate of drug-likeness (QED) is 0.452. The molecule has 7 heteroatoms. The molecule has 0 bridgehead atoms. The molecule has 0 aromatic rings. The van der Waals surface area contributed by atoms with Crippen molar-refractivity contribution in [3.8, 4) is 0 Å². The lowest BCUT2D eigenvalue weighted by Gasteiger charge is -2.43. The summed E-state index contributed by atoms with van der Waals surface area (Å²) in [5.74, 6) is -0.580. The monoisotopic (exact) mass is 340 g/mol. The molecule has 1 heterocycles. The number of rotatable bonds is 6. The first-order chi connectivity index (χ1) is 11.2. The molecule has 2 fully saturated rings. The SMILES string of the molecule is CCOCCOC(=O)CN1C(=O)N[C@]2(C[C@H](C)CC(C)(C)C2)C1=O. The van der Waals surface area contributed by atoms with E-state index in [-0.39, 0.29) is 24.5 Å². The second kappa shape index (κ2) is 7.09. The Labute approximate surface area is 143 Å². The van der Waals surface area contributed by atoms with Crippen LogP contribution in [0.2, 0.25) is 0 Å². The minimum atomic E-state index is -0.885. The summed E-state index contributed by atoms with van der Waals surface area (Å²) >= 11 is 0. The van der Waals surface area contributed by atoms with Crippen molar-refractivity contribution in [2.75, 3.05) is 26.4 Å². The minimum Gasteiger partial charge on any atom is -0.462 e. The third-order valence-electron chi connectivity index (χ3n) is 4.61. The lowest BCUT2D eigenvalue weighted by atomic mass is 9.64. The smallest absolute Gasteiger partial charge is 0.326 e. The predicted molar refractivity (Wildman–Crippen MR) is 87.2 cm³/mol. The van der Waals surface area contributed by atoms with Crippen LogP contribution in [0.1, 0.15) is 47.0 Å². The Kier molecular flexibility index (Phi) is 5.52. The van der Waals surface area contributed by atoms with Gasteiger partial charge in [-0.15, -0.1) is 0 Å². The molecule has 2 atom stereocenters. The standard InChI is InChI=1S/C17H28N2O5/c1-5-23-6-7-24-13(20)10-19-14(21)17(18-15(19)22)9-12(2)8-16(3,4)11-17/h12H,5-11H2,1-4H3,(H,18,22)/t12-,17+/m1/s1. The second-order valence-corrected chi connectivity index (χ2v) is 7.68. The van der Waals surface area contributed by atoms with Crippen LogP contribution in [0.4, 0.5) is 4.79 Å². The summed E-state index contributed by atoms with van der Waals surface area (Å²) in [6.07, 6.45) is 2.21. The average molecular weight is 340 g/mol. The molecule has 2 aliphatic rings. The summed E-state index contributed by atoms with van der Waals surface area (Å²) in [6, 6.07) is -0.508. The summed E-state index contributed by atoms with van der Waals surface area (Å²) in [5, 5.41) is 2.84. The molecule has 136 valence electrons. The van der Waals surface area contributed by atoms with Gasteiger partial charge in [0.2, 0.25) is 0 Å². The zero-order valence-electron chi connectivity index (χ0n) is 15.0. The van der Waals surface area contributed by atoms with Crippen molar-refractivity contribution in [1.82, 2.24) is 10.2 Å². The average Bonchev–Trinajstić information content (AvgIpc) is 2.65. The van der Waals surface area contributed by atoms with Gasteiger partial charge in [-0.2, -0.15) is 0 Å². The highest BCUT2D eigenvalue weighted by Crippen LogP contribution is 2.46. The number of nitrogens with one attached hydrogen (secondary N) is 1. The first kappa shape index (κ1) is 18.7. The van der Waals surface area contributed by atoms with Gasteiger partial charge < -0.3 is 14.8 Å². The zero-order chi connectivity index (χ0) is 18.0. The van der Waals surface area contributed by atoms with E-state index < -0.39 is 17.5 Å². The number of carbonyl (C=O) groups is 3. The van der Waals surface area contributed by atoms with Crippen molar-refractivity contribution >= 4 is 17.9 Å². The normalized spacial score (nSPS) is 29.0. The van der Waals surface area contributed by atoms with Crippen LogP contribution in [0.5, 0.6) is 0 Å². The Hall–Kier alpha value is -1.63. The molecule has 0 aromatic heterocycles. The highest BCUT2D eigenvalue weighted by atomic mass is 16.6. The molecule has 1 saturated carbocycles. The van der Waals surface area contributed by atoms with Crippen molar-refractivity contribution in [3.05, 3.63) is 0 Å². The molecule has 0 unspecified atom stereocenters. The highest BCUT2D eigenvalue weighted by Gasteiger charge is 2.56. The summed E-state index contributed by atoms with van der Waals surface area (Å²) in [6.45, 7) is 8.76. The molecule has 3 amide bonds. The Morgan fingerprint density at radius 1 is 1.29 bits per heavy atom. The Balaban J connectivity index is 2.00. The highest BCUT2D eigenvalue weighted by molar-refractivity contribution is 6.08. The van der Waals surface area contributed by atoms with Crippen LogP contribution in [0, 0.1) is 11.3 Å². The molecule has 1 spiro atoms. The minimum absolute atomic E-state index is 0.0331. The maximum absolute atomic E-state index is 12.8. The Morgan fingerprint density at radius 2 is 2.00 bits per heavy atom. The fourth-order valence-electron chi connectivity index (χ4n) is 4.18. The van der Waals surface area contributed by atoms with E-state index >= 15 is 0 Å². The van der Waals surface area contributed by atoms with Crippen molar-refractivity contribution < 1.29 is 23.9 Å². The maximum Gasteiger partial charge on any atom is 0.326 e. The molecule has 1 N–H and O–H groups in total. The largest absolute Gasteiger partial charge is 0.462 e. The number of hydrogen-bond acceptors (Lipinski definition) is 5. The van der Waals surface area contributed by atoms with Crippen LogP contribution in [0.15, 0.2) is 0 Å². The van der Waals surface area contributed by atoms with E-state index in [9.17, 15) is 14.4 Å². The second-order valence-electron chi connectivity index (χ2n) is 7.68. The summed E-state index contributed by atoms with van der Waals surface area (Å²) in [4.78, 5) is 37.9. The van der Waals surface area contributed by atoms with Gasteiger partial charge in [-0.1, -0.05) is 20.8 Å². The van der Waals surface area contributed by atoms with Gasteiger partial charge in [0.15, 0.2) is 0 Å². The Morgan fingerprint density at radius 3 is 2.62 bits per heavy atom. The van der Waals surface area contributed by atoms with Crippen molar-refractivity contribution in [1.29, 1.82) is 0 Å². The van der Waals surface area contributed by atoms with Gasteiger partial charge in [-0.05, 0) is 37.5 Å². The van der Waals surface area contributed by atoms with E-state index in [0.29, 0.717) is 32.0 Å². The number of carbonyl (C=O) groups excluding carboxylic acids is 3.